The minimum atomic E-state index is -4.25. The van der Waals surface area contributed by atoms with Crippen LogP contribution in [-0.4, -0.2) is 35.4 Å². The Hall–Kier alpha value is -0.260. The predicted molar refractivity (Wildman–Crippen MR) is 55.9 cm³/mol. The lowest BCUT2D eigenvalue weighted by Crippen LogP contribution is -2.29. The minimum absolute atomic E-state index is 0.260. The normalized spacial score (nSPS) is 13.7. The Balaban J connectivity index is 3.80. The van der Waals surface area contributed by atoms with Crippen LogP contribution in [0.15, 0.2) is 0 Å². The van der Waals surface area contributed by atoms with Gasteiger partial charge in [-0.2, -0.15) is 13.2 Å². The van der Waals surface area contributed by atoms with Crippen molar-refractivity contribution < 1.29 is 18.0 Å². The highest BCUT2D eigenvalue weighted by molar-refractivity contribution is 9.09. The second-order valence-electron chi connectivity index (χ2n) is 3.50. The van der Waals surface area contributed by atoms with E-state index < -0.39 is 24.9 Å². The summed E-state index contributed by atoms with van der Waals surface area (Å²) >= 11 is 3.30. The van der Waals surface area contributed by atoms with Gasteiger partial charge in [-0.15, -0.1) is 0 Å². The molecular formula is C9H15BrF3NO. The van der Waals surface area contributed by atoms with E-state index in [1.165, 1.54) is 11.9 Å². The topological polar surface area (TPSA) is 20.3 Å². The molecule has 0 rings (SSSR count). The highest BCUT2D eigenvalue weighted by Crippen LogP contribution is 2.21. The zero-order valence-electron chi connectivity index (χ0n) is 8.77. The van der Waals surface area contributed by atoms with Crippen LogP contribution in [0.3, 0.4) is 0 Å². The van der Waals surface area contributed by atoms with Crippen LogP contribution < -0.4 is 0 Å². The van der Waals surface area contributed by atoms with E-state index >= 15 is 0 Å². The Labute approximate surface area is 95.9 Å². The van der Waals surface area contributed by atoms with Gasteiger partial charge in [0.05, 0.1) is 6.42 Å². The molecule has 0 saturated heterocycles. The average molecular weight is 290 g/mol. The Kier molecular flexibility index (Phi) is 6.24. The number of carbonyl (C=O) groups excluding carboxylic acids is 1. The molecule has 90 valence electrons. The van der Waals surface area contributed by atoms with E-state index in [4.69, 9.17) is 0 Å². The molecule has 0 radical (unpaired) electrons. The monoisotopic (exact) mass is 289 g/mol. The molecule has 0 aromatic rings. The molecule has 0 aromatic heterocycles. The highest BCUT2D eigenvalue weighted by atomic mass is 79.9. The van der Waals surface area contributed by atoms with Crippen LogP contribution in [0.25, 0.3) is 0 Å². The van der Waals surface area contributed by atoms with E-state index in [-0.39, 0.29) is 4.83 Å². The maximum atomic E-state index is 11.8. The van der Waals surface area contributed by atoms with Gasteiger partial charge >= 0.3 is 6.18 Å². The number of nitrogens with zero attached hydrogens (tertiary/aromatic N) is 1. The van der Waals surface area contributed by atoms with Crippen LogP contribution in [0.5, 0.6) is 0 Å². The summed E-state index contributed by atoms with van der Waals surface area (Å²) in [7, 11) is 1.52. The largest absolute Gasteiger partial charge is 0.389 e. The summed E-state index contributed by atoms with van der Waals surface area (Å²) in [6, 6.07) is 0. The number of rotatable bonds is 5. The van der Waals surface area contributed by atoms with Crippen LogP contribution in [0.4, 0.5) is 13.2 Å². The van der Waals surface area contributed by atoms with Crippen molar-refractivity contribution in [3.63, 3.8) is 0 Å². The maximum Gasteiger partial charge on any atom is 0.389 e. The van der Waals surface area contributed by atoms with Crippen molar-refractivity contribution in [3.8, 4) is 0 Å². The molecule has 15 heavy (non-hydrogen) atoms. The first-order valence-corrected chi connectivity index (χ1v) is 5.58. The van der Waals surface area contributed by atoms with Gasteiger partial charge in [0.15, 0.2) is 0 Å². The first-order valence-electron chi connectivity index (χ1n) is 4.67. The van der Waals surface area contributed by atoms with E-state index in [0.717, 1.165) is 6.42 Å². The van der Waals surface area contributed by atoms with E-state index in [9.17, 15) is 18.0 Å². The van der Waals surface area contributed by atoms with Gasteiger partial charge in [-0.05, 0) is 6.42 Å². The molecule has 0 spiro atoms. The summed E-state index contributed by atoms with van der Waals surface area (Å²) in [5.74, 6) is -0.458. The summed E-state index contributed by atoms with van der Waals surface area (Å²) in [6.45, 7) is 2.40. The van der Waals surface area contributed by atoms with Gasteiger partial charge in [0, 0.05) is 24.8 Å². The van der Waals surface area contributed by atoms with E-state index in [1.54, 1.807) is 0 Å². The number of halogens is 4. The predicted octanol–water partition coefficient (Wildman–Crippen LogP) is 2.96. The third-order valence-corrected chi connectivity index (χ3v) is 2.37. The third kappa shape index (κ3) is 8.72. The van der Waals surface area contributed by atoms with Crippen molar-refractivity contribution in [2.24, 2.45) is 0 Å². The van der Waals surface area contributed by atoms with E-state index in [2.05, 4.69) is 15.9 Å². The van der Waals surface area contributed by atoms with Gasteiger partial charge in [-0.3, -0.25) is 4.79 Å². The second kappa shape index (κ2) is 6.35. The quantitative estimate of drug-likeness (QED) is 0.713. The molecular weight excluding hydrogens is 275 g/mol. The molecule has 1 amide bonds. The van der Waals surface area contributed by atoms with Crippen LogP contribution in [0.2, 0.25) is 0 Å². The molecule has 1 atom stereocenters. The highest BCUT2D eigenvalue weighted by Gasteiger charge is 2.28. The number of alkyl halides is 4. The van der Waals surface area contributed by atoms with Crippen molar-refractivity contribution in [1.29, 1.82) is 0 Å². The molecule has 0 heterocycles. The number of amides is 1. The maximum absolute atomic E-state index is 11.8. The molecule has 0 aromatic carbocycles. The summed E-state index contributed by atoms with van der Waals surface area (Å²) in [4.78, 5) is 12.8. The Morgan fingerprint density at radius 1 is 1.47 bits per heavy atom. The van der Waals surface area contributed by atoms with Crippen molar-refractivity contribution in [1.82, 2.24) is 4.90 Å². The Bertz CT molecular complexity index is 206. The number of hydrogen-bond acceptors (Lipinski definition) is 1. The van der Waals surface area contributed by atoms with Crippen molar-refractivity contribution >= 4 is 21.8 Å². The number of carbonyl (C=O) groups is 1. The molecule has 0 N–H and O–H groups in total. The summed E-state index contributed by atoms with van der Waals surface area (Å²) < 4.78 is 35.4. The van der Waals surface area contributed by atoms with Gasteiger partial charge in [0.25, 0.3) is 0 Å². The van der Waals surface area contributed by atoms with Gasteiger partial charge in [0.1, 0.15) is 0 Å². The SMILES string of the molecule is CC(Br)CCN(C)C(=O)CCC(F)(F)F. The van der Waals surface area contributed by atoms with Gasteiger partial charge < -0.3 is 4.90 Å². The smallest absolute Gasteiger partial charge is 0.346 e. The van der Waals surface area contributed by atoms with Gasteiger partial charge in [-0.25, -0.2) is 0 Å². The minimum Gasteiger partial charge on any atom is -0.346 e. The second-order valence-corrected chi connectivity index (χ2v) is 5.06. The summed E-state index contributed by atoms with van der Waals surface area (Å²) in [6.07, 6.45) is -5.02. The van der Waals surface area contributed by atoms with Crippen LogP contribution in [0, 0.1) is 0 Å². The van der Waals surface area contributed by atoms with Gasteiger partial charge in [0.2, 0.25) is 5.91 Å². The fraction of sp³-hybridized carbons (Fsp3) is 0.889. The average Bonchev–Trinajstić information content (AvgIpc) is 2.08. The lowest BCUT2D eigenvalue weighted by Gasteiger charge is -2.18. The van der Waals surface area contributed by atoms with Crippen molar-refractivity contribution in [2.45, 2.75) is 37.2 Å². The van der Waals surface area contributed by atoms with E-state index in [0.29, 0.717) is 6.54 Å². The standard InChI is InChI=1S/C9H15BrF3NO/c1-7(10)4-6-14(2)8(15)3-5-9(11,12)13/h7H,3-6H2,1-2H3. The lowest BCUT2D eigenvalue weighted by molar-refractivity contribution is -0.148. The Morgan fingerprint density at radius 3 is 2.40 bits per heavy atom. The lowest BCUT2D eigenvalue weighted by atomic mass is 10.2. The molecule has 0 saturated carbocycles. The fourth-order valence-electron chi connectivity index (χ4n) is 0.936. The van der Waals surface area contributed by atoms with Crippen LogP contribution >= 0.6 is 15.9 Å². The van der Waals surface area contributed by atoms with Crippen molar-refractivity contribution in [2.75, 3.05) is 13.6 Å². The van der Waals surface area contributed by atoms with Gasteiger partial charge in [-0.1, -0.05) is 22.9 Å². The molecule has 0 aliphatic rings. The van der Waals surface area contributed by atoms with Crippen LogP contribution in [0.1, 0.15) is 26.2 Å². The first-order chi connectivity index (χ1) is 6.72. The zero-order chi connectivity index (χ0) is 12.1. The van der Waals surface area contributed by atoms with E-state index in [1.807, 2.05) is 6.92 Å². The van der Waals surface area contributed by atoms with Crippen molar-refractivity contribution in [3.05, 3.63) is 0 Å². The molecule has 0 bridgehead atoms. The molecule has 2 nitrogen and oxygen atoms in total. The summed E-state index contributed by atoms with van der Waals surface area (Å²) in [5, 5.41) is 0. The molecule has 0 aliphatic carbocycles. The van der Waals surface area contributed by atoms with Crippen LogP contribution in [-0.2, 0) is 4.79 Å². The molecule has 6 heteroatoms. The summed E-state index contributed by atoms with van der Waals surface area (Å²) in [5.41, 5.74) is 0. The molecule has 0 aliphatic heterocycles. The zero-order valence-corrected chi connectivity index (χ0v) is 10.4. The first kappa shape index (κ1) is 14.7. The number of hydrogen-bond donors (Lipinski definition) is 0. The fourth-order valence-corrected chi connectivity index (χ4v) is 1.14. The Morgan fingerprint density at radius 2 is 2.00 bits per heavy atom. The molecule has 0 fully saturated rings. The molecule has 1 unspecified atom stereocenters. The third-order valence-electron chi connectivity index (χ3n) is 1.91.